The molecule has 6 nitrogen and oxygen atoms in total. The Hall–Kier alpha value is -1.74. The van der Waals surface area contributed by atoms with E-state index in [-0.39, 0.29) is 17.0 Å². The molecule has 0 aliphatic heterocycles. The minimum atomic E-state index is -3.80. The van der Waals surface area contributed by atoms with Gasteiger partial charge in [-0.1, -0.05) is 30.3 Å². The second-order valence-corrected chi connectivity index (χ2v) is 7.83. The van der Waals surface area contributed by atoms with Gasteiger partial charge in [-0.05, 0) is 46.1 Å². The number of carboxylic acid groups (broad SMARTS) is 1. The molecule has 0 saturated heterocycles. The fourth-order valence-electron chi connectivity index (χ4n) is 2.07. The van der Waals surface area contributed by atoms with E-state index in [0.29, 0.717) is 24.1 Å². The minimum Gasteiger partial charge on any atom is -0.478 e. The van der Waals surface area contributed by atoms with Crippen molar-refractivity contribution in [3.63, 3.8) is 0 Å². The summed E-state index contributed by atoms with van der Waals surface area (Å²) in [6.45, 7) is 1.08. The fraction of sp³-hybridized carbons (Fsp3) is 0.235. The molecule has 0 atom stereocenters. The molecule has 0 spiro atoms. The summed E-state index contributed by atoms with van der Waals surface area (Å²) in [5, 5.41) is 8.99. The average Bonchev–Trinajstić information content (AvgIpc) is 2.59. The first kappa shape index (κ1) is 19.6. The average molecular weight is 428 g/mol. The van der Waals surface area contributed by atoms with Gasteiger partial charge >= 0.3 is 5.97 Å². The van der Waals surface area contributed by atoms with Crippen LogP contribution in [-0.2, 0) is 21.4 Å². The molecule has 0 saturated carbocycles. The van der Waals surface area contributed by atoms with Crippen molar-refractivity contribution < 1.29 is 23.1 Å². The lowest BCUT2D eigenvalue weighted by atomic mass is 10.2. The smallest absolute Gasteiger partial charge is 0.335 e. The first-order valence-electron chi connectivity index (χ1n) is 7.54. The van der Waals surface area contributed by atoms with Crippen LogP contribution in [0.4, 0.5) is 0 Å². The molecule has 0 heterocycles. The standard InChI is InChI=1S/C17H18BrNO5S/c18-15-8-7-14(17(20)21)11-16(15)25(22,23)19-9-4-10-24-12-13-5-2-1-3-6-13/h1-3,5-8,11,19H,4,9-10,12H2,(H,20,21). The molecule has 2 N–H and O–H groups in total. The molecular weight excluding hydrogens is 410 g/mol. The number of halogens is 1. The van der Waals surface area contributed by atoms with E-state index in [4.69, 9.17) is 9.84 Å². The summed E-state index contributed by atoms with van der Waals surface area (Å²) in [6.07, 6.45) is 0.502. The molecule has 0 bridgehead atoms. The number of carbonyl (C=O) groups is 1. The van der Waals surface area contributed by atoms with E-state index in [1.807, 2.05) is 30.3 Å². The number of carboxylic acids is 1. The highest BCUT2D eigenvalue weighted by Gasteiger charge is 2.19. The van der Waals surface area contributed by atoms with Crippen LogP contribution < -0.4 is 4.72 Å². The Morgan fingerprint density at radius 1 is 1.16 bits per heavy atom. The minimum absolute atomic E-state index is 0.0882. The molecule has 134 valence electrons. The maximum absolute atomic E-state index is 12.3. The van der Waals surface area contributed by atoms with Gasteiger partial charge < -0.3 is 9.84 Å². The van der Waals surface area contributed by atoms with Gasteiger partial charge in [0.2, 0.25) is 10.0 Å². The van der Waals surface area contributed by atoms with Gasteiger partial charge in [-0.2, -0.15) is 0 Å². The van der Waals surface area contributed by atoms with E-state index in [1.165, 1.54) is 12.1 Å². The van der Waals surface area contributed by atoms with Crippen molar-refractivity contribution in [3.05, 3.63) is 64.1 Å². The lowest BCUT2D eigenvalue weighted by Crippen LogP contribution is -2.26. The topological polar surface area (TPSA) is 92.7 Å². The summed E-state index contributed by atoms with van der Waals surface area (Å²) in [4.78, 5) is 10.9. The molecule has 0 fully saturated rings. The van der Waals surface area contributed by atoms with Gasteiger partial charge in [0.1, 0.15) is 0 Å². The fourth-order valence-corrected chi connectivity index (χ4v) is 4.13. The molecule has 0 aliphatic rings. The highest BCUT2D eigenvalue weighted by atomic mass is 79.9. The van der Waals surface area contributed by atoms with Gasteiger partial charge in [0.15, 0.2) is 0 Å². The van der Waals surface area contributed by atoms with Crippen LogP contribution in [-0.4, -0.2) is 32.6 Å². The monoisotopic (exact) mass is 427 g/mol. The SMILES string of the molecule is O=C(O)c1ccc(Br)c(S(=O)(=O)NCCCOCc2ccccc2)c1. The van der Waals surface area contributed by atoms with Crippen molar-refractivity contribution in [2.75, 3.05) is 13.2 Å². The molecule has 25 heavy (non-hydrogen) atoms. The first-order chi connectivity index (χ1) is 11.9. The number of rotatable bonds is 9. The third kappa shape index (κ3) is 5.93. The summed E-state index contributed by atoms with van der Waals surface area (Å²) in [5.74, 6) is -1.18. The number of aromatic carboxylic acids is 1. The number of sulfonamides is 1. The van der Waals surface area contributed by atoms with Gasteiger partial charge in [-0.3, -0.25) is 0 Å². The van der Waals surface area contributed by atoms with E-state index < -0.39 is 16.0 Å². The summed E-state index contributed by atoms with van der Waals surface area (Å²) in [5.41, 5.74) is 0.965. The van der Waals surface area contributed by atoms with Crippen LogP contribution in [0.3, 0.4) is 0 Å². The Morgan fingerprint density at radius 2 is 1.88 bits per heavy atom. The van der Waals surface area contributed by atoms with E-state index in [0.717, 1.165) is 11.6 Å². The van der Waals surface area contributed by atoms with Gasteiger partial charge in [-0.15, -0.1) is 0 Å². The molecule has 0 unspecified atom stereocenters. The molecule has 2 aromatic rings. The molecule has 2 aromatic carbocycles. The Kier molecular flexibility index (Phi) is 7.12. The van der Waals surface area contributed by atoms with E-state index in [2.05, 4.69) is 20.7 Å². The summed E-state index contributed by atoms with van der Waals surface area (Å²) in [7, 11) is -3.80. The maximum Gasteiger partial charge on any atom is 0.335 e. The Balaban J connectivity index is 1.83. The van der Waals surface area contributed by atoms with Crippen LogP contribution in [0, 0.1) is 0 Å². The number of nitrogens with one attached hydrogen (secondary N) is 1. The van der Waals surface area contributed by atoms with Gasteiger partial charge in [0.05, 0.1) is 17.1 Å². The van der Waals surface area contributed by atoms with Crippen LogP contribution >= 0.6 is 15.9 Å². The van der Waals surface area contributed by atoms with E-state index in [1.54, 1.807) is 0 Å². The molecular formula is C17H18BrNO5S. The van der Waals surface area contributed by atoms with Crippen LogP contribution in [0.25, 0.3) is 0 Å². The van der Waals surface area contributed by atoms with Crippen LogP contribution in [0.5, 0.6) is 0 Å². The van der Waals surface area contributed by atoms with Crippen LogP contribution in [0.2, 0.25) is 0 Å². The maximum atomic E-state index is 12.3. The van der Waals surface area contributed by atoms with E-state index in [9.17, 15) is 13.2 Å². The highest BCUT2D eigenvalue weighted by molar-refractivity contribution is 9.10. The number of benzene rings is 2. The second kappa shape index (κ2) is 9.10. The quantitative estimate of drug-likeness (QED) is 0.599. The third-order valence-electron chi connectivity index (χ3n) is 3.34. The van der Waals surface area contributed by atoms with E-state index >= 15 is 0 Å². The zero-order valence-corrected chi connectivity index (χ0v) is 15.7. The Bertz CT molecular complexity index is 824. The summed E-state index contributed by atoms with van der Waals surface area (Å²) in [6, 6.07) is 13.6. The second-order valence-electron chi connectivity index (χ2n) is 5.24. The zero-order valence-electron chi connectivity index (χ0n) is 13.3. The number of ether oxygens (including phenoxy) is 1. The van der Waals surface area contributed by atoms with Crippen molar-refractivity contribution in [1.82, 2.24) is 4.72 Å². The third-order valence-corrected chi connectivity index (χ3v) is 5.79. The lowest BCUT2D eigenvalue weighted by Gasteiger charge is -2.10. The van der Waals surface area contributed by atoms with Crippen molar-refractivity contribution in [2.24, 2.45) is 0 Å². The highest BCUT2D eigenvalue weighted by Crippen LogP contribution is 2.23. The predicted molar refractivity (Wildman–Crippen MR) is 97.0 cm³/mol. The molecule has 8 heteroatoms. The van der Waals surface area contributed by atoms with Gasteiger partial charge in [-0.25, -0.2) is 17.9 Å². The Morgan fingerprint density at radius 3 is 2.56 bits per heavy atom. The first-order valence-corrected chi connectivity index (χ1v) is 9.82. The zero-order chi connectivity index (χ0) is 18.3. The van der Waals surface area contributed by atoms with Crippen molar-refractivity contribution >= 4 is 31.9 Å². The Labute approximate surface area is 155 Å². The lowest BCUT2D eigenvalue weighted by molar-refractivity contribution is 0.0696. The van der Waals surface area contributed by atoms with Crippen LogP contribution in [0.1, 0.15) is 22.3 Å². The molecule has 2 rings (SSSR count). The summed E-state index contributed by atoms with van der Waals surface area (Å²) >= 11 is 3.14. The summed E-state index contributed by atoms with van der Waals surface area (Å²) < 4.78 is 32.9. The number of hydrogen-bond acceptors (Lipinski definition) is 4. The van der Waals surface area contributed by atoms with Crippen molar-refractivity contribution in [3.8, 4) is 0 Å². The van der Waals surface area contributed by atoms with Crippen molar-refractivity contribution in [1.29, 1.82) is 0 Å². The van der Waals surface area contributed by atoms with Crippen LogP contribution in [0.15, 0.2) is 57.9 Å². The molecule has 0 radical (unpaired) electrons. The predicted octanol–water partition coefficient (Wildman–Crippen LogP) is 3.03. The molecule has 0 aromatic heterocycles. The molecule has 0 amide bonds. The normalized spacial score (nSPS) is 11.4. The molecule has 0 aliphatic carbocycles. The van der Waals surface area contributed by atoms with Gasteiger partial charge in [0, 0.05) is 17.6 Å². The van der Waals surface area contributed by atoms with Crippen molar-refractivity contribution in [2.45, 2.75) is 17.9 Å². The largest absolute Gasteiger partial charge is 0.478 e. The number of hydrogen-bond donors (Lipinski definition) is 2. The van der Waals surface area contributed by atoms with Gasteiger partial charge in [0.25, 0.3) is 0 Å².